The fourth-order valence-electron chi connectivity index (χ4n) is 6.25. The van der Waals surface area contributed by atoms with E-state index >= 15 is 0 Å². The van der Waals surface area contributed by atoms with E-state index in [0.717, 1.165) is 17.4 Å². The molecule has 32 heavy (non-hydrogen) atoms. The molecule has 2 heterocycles. The predicted octanol–water partition coefficient (Wildman–Crippen LogP) is 7.75. The summed E-state index contributed by atoms with van der Waals surface area (Å²) in [4.78, 5) is 0. The topological polar surface area (TPSA) is 13.1 Å². The highest BCUT2D eigenvalue weighted by Gasteiger charge is 2.33. The number of fused-ring (bicyclic) bond motifs is 3. The maximum Gasteiger partial charge on any atom is 0.228 e. The number of pyridine rings is 1. The van der Waals surface area contributed by atoms with Crippen molar-refractivity contribution in [3.8, 4) is 22.8 Å². The maximum absolute atomic E-state index is 6.88. The third-order valence-electron chi connectivity index (χ3n) is 7.75. The van der Waals surface area contributed by atoms with Crippen molar-refractivity contribution in [3.05, 3.63) is 65.4 Å². The molecule has 1 aliphatic carbocycles. The number of aryl methyl sites for hydroxylation is 2. The lowest BCUT2D eigenvalue weighted by molar-refractivity contribution is -0.659. The van der Waals surface area contributed by atoms with Gasteiger partial charge in [-0.1, -0.05) is 69.9 Å². The van der Waals surface area contributed by atoms with Gasteiger partial charge in [0.2, 0.25) is 5.69 Å². The van der Waals surface area contributed by atoms with Gasteiger partial charge in [-0.25, -0.2) is 4.57 Å². The Morgan fingerprint density at radius 2 is 1.78 bits per heavy atom. The van der Waals surface area contributed by atoms with Crippen LogP contribution in [0.15, 0.2) is 48.7 Å². The molecule has 0 atom stereocenters. The molecule has 1 fully saturated rings. The van der Waals surface area contributed by atoms with E-state index in [1.807, 2.05) is 0 Å². The Morgan fingerprint density at radius 1 is 1.03 bits per heavy atom. The first-order valence-electron chi connectivity index (χ1n) is 12.2. The van der Waals surface area contributed by atoms with Gasteiger partial charge in [0.05, 0.1) is 10.9 Å². The van der Waals surface area contributed by atoms with Crippen LogP contribution in [0.4, 0.5) is 0 Å². The molecular formula is C30H32NO+. The smallest absolute Gasteiger partial charge is 0.228 e. The molecule has 2 heteroatoms. The summed E-state index contributed by atoms with van der Waals surface area (Å²) in [7, 11) is 2.17. The molecule has 1 saturated carbocycles. The summed E-state index contributed by atoms with van der Waals surface area (Å²) < 4.78 is 9.17. The lowest BCUT2D eigenvalue weighted by Gasteiger charge is -2.27. The van der Waals surface area contributed by atoms with Crippen molar-refractivity contribution in [2.24, 2.45) is 13.0 Å². The minimum Gasteiger partial charge on any atom is -0.455 e. The lowest BCUT2D eigenvalue weighted by atomic mass is 9.85. The Kier molecular flexibility index (Phi) is 4.54. The molecule has 162 valence electrons. The van der Waals surface area contributed by atoms with Crippen molar-refractivity contribution in [1.29, 1.82) is 0 Å². The van der Waals surface area contributed by atoms with Gasteiger partial charge in [-0.05, 0) is 58.5 Å². The monoisotopic (exact) mass is 422 g/mol. The van der Waals surface area contributed by atoms with E-state index in [2.05, 4.69) is 81.0 Å². The van der Waals surface area contributed by atoms with Crippen molar-refractivity contribution in [2.45, 2.75) is 58.8 Å². The SMILES string of the molecule is Cc1c2c(c(C(C)C)c3ccccc13)Oc1cc(CC3CCCC3)cc3cc[n+](C)c-2c13. The third kappa shape index (κ3) is 2.88. The van der Waals surface area contributed by atoms with Crippen molar-refractivity contribution >= 4 is 21.5 Å². The van der Waals surface area contributed by atoms with E-state index < -0.39 is 0 Å². The molecule has 0 unspecified atom stereocenters. The third-order valence-corrected chi connectivity index (χ3v) is 7.75. The minimum atomic E-state index is 0.377. The average Bonchev–Trinajstić information content (AvgIpc) is 3.28. The molecule has 2 nitrogen and oxygen atoms in total. The zero-order chi connectivity index (χ0) is 22.0. The standard InChI is InChI=1S/C30H32NO/c1-18(2)26-24-12-8-7-11-23(24)19(3)27-29-28-22(13-14-31(29)4)16-21(15-20-9-5-6-10-20)17-25(28)32-30(26)27/h7-8,11-14,16-18,20H,5-6,9-10,15H2,1-4H3/q+1. The van der Waals surface area contributed by atoms with E-state index in [1.54, 1.807) is 0 Å². The highest BCUT2D eigenvalue weighted by molar-refractivity contribution is 6.06. The van der Waals surface area contributed by atoms with Gasteiger partial charge < -0.3 is 4.74 Å². The Morgan fingerprint density at radius 3 is 2.53 bits per heavy atom. The molecular weight excluding hydrogens is 390 g/mol. The van der Waals surface area contributed by atoms with E-state index in [-0.39, 0.29) is 0 Å². The van der Waals surface area contributed by atoms with Crippen LogP contribution >= 0.6 is 0 Å². The van der Waals surface area contributed by atoms with Gasteiger partial charge in [0.25, 0.3) is 0 Å². The van der Waals surface area contributed by atoms with E-state index in [0.29, 0.717) is 5.92 Å². The average molecular weight is 423 g/mol. The highest BCUT2D eigenvalue weighted by atomic mass is 16.5. The number of hydrogen-bond acceptors (Lipinski definition) is 1. The molecule has 1 aromatic heterocycles. The molecule has 0 spiro atoms. The first-order valence-corrected chi connectivity index (χ1v) is 12.2. The number of nitrogens with zero attached hydrogens (tertiary/aromatic N) is 1. The van der Waals surface area contributed by atoms with Gasteiger partial charge >= 0.3 is 0 Å². The molecule has 0 N–H and O–H groups in total. The van der Waals surface area contributed by atoms with Gasteiger partial charge in [0.15, 0.2) is 6.20 Å². The zero-order valence-corrected chi connectivity index (χ0v) is 19.7. The molecule has 0 saturated heterocycles. The summed E-state index contributed by atoms with van der Waals surface area (Å²) in [6.07, 6.45) is 8.91. The van der Waals surface area contributed by atoms with E-state index in [4.69, 9.17) is 4.74 Å². The van der Waals surface area contributed by atoms with Gasteiger partial charge in [0.1, 0.15) is 18.5 Å². The Labute approximate surface area is 190 Å². The highest BCUT2D eigenvalue weighted by Crippen LogP contribution is 2.52. The predicted molar refractivity (Wildman–Crippen MR) is 133 cm³/mol. The van der Waals surface area contributed by atoms with Crippen LogP contribution in [0.5, 0.6) is 11.5 Å². The Bertz CT molecular complexity index is 1380. The minimum absolute atomic E-state index is 0.377. The van der Waals surface area contributed by atoms with Crippen molar-refractivity contribution in [2.75, 3.05) is 0 Å². The lowest BCUT2D eigenvalue weighted by Crippen LogP contribution is -2.32. The quantitative estimate of drug-likeness (QED) is 0.271. The second-order valence-corrected chi connectivity index (χ2v) is 10.2. The normalized spacial score (nSPS) is 15.5. The maximum atomic E-state index is 6.88. The number of hydrogen-bond donors (Lipinski definition) is 0. The largest absolute Gasteiger partial charge is 0.455 e. The summed E-state index contributed by atoms with van der Waals surface area (Å²) in [6, 6.07) is 15.8. The zero-order valence-electron chi connectivity index (χ0n) is 19.7. The first kappa shape index (κ1) is 19.8. The van der Waals surface area contributed by atoms with Gasteiger partial charge in [-0.3, -0.25) is 0 Å². The van der Waals surface area contributed by atoms with Crippen LogP contribution in [0.1, 0.15) is 62.1 Å². The molecule has 3 aromatic carbocycles. The van der Waals surface area contributed by atoms with Crippen LogP contribution in [-0.4, -0.2) is 0 Å². The van der Waals surface area contributed by atoms with Gasteiger partial charge in [-0.2, -0.15) is 0 Å². The molecule has 6 rings (SSSR count). The summed E-state index contributed by atoms with van der Waals surface area (Å²) in [5.41, 5.74) is 6.60. The summed E-state index contributed by atoms with van der Waals surface area (Å²) >= 11 is 0. The Hall–Kier alpha value is -2.87. The first-order chi connectivity index (χ1) is 15.5. The van der Waals surface area contributed by atoms with Crippen molar-refractivity contribution in [3.63, 3.8) is 0 Å². The molecule has 1 aliphatic heterocycles. The second-order valence-electron chi connectivity index (χ2n) is 10.2. The number of aromatic nitrogens is 1. The van der Waals surface area contributed by atoms with Gasteiger partial charge in [-0.15, -0.1) is 0 Å². The van der Waals surface area contributed by atoms with Crippen LogP contribution in [0.2, 0.25) is 0 Å². The van der Waals surface area contributed by atoms with Crippen LogP contribution in [-0.2, 0) is 13.5 Å². The number of rotatable bonds is 3. The van der Waals surface area contributed by atoms with Crippen molar-refractivity contribution < 1.29 is 9.30 Å². The summed E-state index contributed by atoms with van der Waals surface area (Å²) in [5.74, 6) is 3.30. The van der Waals surface area contributed by atoms with Crippen LogP contribution in [0, 0.1) is 12.8 Å². The number of benzene rings is 3. The van der Waals surface area contributed by atoms with E-state index in [1.165, 1.54) is 81.6 Å². The molecule has 2 aliphatic rings. The van der Waals surface area contributed by atoms with Gasteiger partial charge in [0, 0.05) is 11.6 Å². The Balaban J connectivity index is 1.66. The summed E-state index contributed by atoms with van der Waals surface area (Å²) in [6.45, 7) is 6.83. The van der Waals surface area contributed by atoms with Crippen LogP contribution in [0.25, 0.3) is 32.8 Å². The van der Waals surface area contributed by atoms with Crippen molar-refractivity contribution in [1.82, 2.24) is 0 Å². The molecule has 0 amide bonds. The fraction of sp³-hybridized carbons (Fsp3) is 0.367. The molecule has 0 radical (unpaired) electrons. The molecule has 0 bridgehead atoms. The second kappa shape index (κ2) is 7.33. The van der Waals surface area contributed by atoms with E-state index in [9.17, 15) is 0 Å². The fourth-order valence-corrected chi connectivity index (χ4v) is 6.25. The van der Waals surface area contributed by atoms with Crippen LogP contribution in [0.3, 0.4) is 0 Å². The van der Waals surface area contributed by atoms with Crippen LogP contribution < -0.4 is 9.30 Å². The number of ether oxygens (including phenoxy) is 1. The molecule has 4 aromatic rings. The summed E-state index contributed by atoms with van der Waals surface area (Å²) in [5, 5.41) is 5.20.